The van der Waals surface area contributed by atoms with Crippen LogP contribution in [-0.2, 0) is 11.0 Å². The van der Waals surface area contributed by atoms with Crippen molar-refractivity contribution < 1.29 is 18.0 Å². The van der Waals surface area contributed by atoms with E-state index < -0.39 is 11.7 Å². The number of benzene rings is 1. The summed E-state index contributed by atoms with van der Waals surface area (Å²) < 4.78 is 38.2. The number of aromatic nitrogens is 1. The van der Waals surface area contributed by atoms with E-state index in [1.807, 2.05) is 18.2 Å². The summed E-state index contributed by atoms with van der Waals surface area (Å²) in [6.45, 7) is 1.78. The van der Waals surface area contributed by atoms with Gasteiger partial charge in [-0.25, -0.2) is 4.98 Å². The normalized spacial score (nSPS) is 15.0. The van der Waals surface area contributed by atoms with Crippen molar-refractivity contribution in [3.05, 3.63) is 52.1 Å². The molecule has 0 saturated carbocycles. The Bertz CT molecular complexity index is 858. The molecule has 1 fully saturated rings. The molecule has 0 N–H and O–H groups in total. The number of amides is 1. The molecule has 0 unspecified atom stereocenters. The van der Waals surface area contributed by atoms with Gasteiger partial charge in [-0.15, -0.1) is 11.8 Å². The Kier molecular flexibility index (Phi) is 6.62. The molecule has 1 aromatic carbocycles. The number of pyridine rings is 1. The average molecular weight is 450 g/mol. The van der Waals surface area contributed by atoms with Crippen LogP contribution in [0.3, 0.4) is 0 Å². The van der Waals surface area contributed by atoms with Crippen LogP contribution in [0.5, 0.6) is 0 Å². The summed E-state index contributed by atoms with van der Waals surface area (Å²) in [5.41, 5.74) is -0.883. The topological polar surface area (TPSA) is 36.4 Å². The van der Waals surface area contributed by atoms with Crippen molar-refractivity contribution in [1.82, 2.24) is 9.88 Å². The van der Waals surface area contributed by atoms with Gasteiger partial charge >= 0.3 is 6.18 Å². The van der Waals surface area contributed by atoms with Gasteiger partial charge in [0.1, 0.15) is 5.82 Å². The number of halogens is 5. The lowest BCUT2D eigenvalue weighted by Crippen LogP contribution is -2.49. The van der Waals surface area contributed by atoms with E-state index in [9.17, 15) is 18.0 Å². The number of piperazine rings is 1. The molecule has 2 heterocycles. The molecule has 0 radical (unpaired) electrons. The van der Waals surface area contributed by atoms with E-state index in [2.05, 4.69) is 4.98 Å². The van der Waals surface area contributed by atoms with Crippen molar-refractivity contribution in [2.45, 2.75) is 11.1 Å². The molecular weight excluding hydrogens is 434 g/mol. The number of carbonyl (C=O) groups excluding carboxylic acids is 1. The van der Waals surface area contributed by atoms with E-state index in [0.29, 0.717) is 37.0 Å². The lowest BCUT2D eigenvalue weighted by molar-refractivity contribution is -0.137. The van der Waals surface area contributed by atoms with Gasteiger partial charge in [-0.3, -0.25) is 4.79 Å². The number of rotatable bonds is 4. The van der Waals surface area contributed by atoms with Gasteiger partial charge in [0.05, 0.1) is 21.4 Å². The fraction of sp³-hybridized carbons (Fsp3) is 0.333. The van der Waals surface area contributed by atoms with Gasteiger partial charge < -0.3 is 9.80 Å². The van der Waals surface area contributed by atoms with Crippen LogP contribution in [0.4, 0.5) is 19.0 Å². The molecule has 0 bridgehead atoms. The first-order chi connectivity index (χ1) is 13.3. The summed E-state index contributed by atoms with van der Waals surface area (Å²) in [7, 11) is 0. The summed E-state index contributed by atoms with van der Waals surface area (Å²) in [5.74, 6) is 0.548. The standard InChI is InChI=1S/C18H16Cl2F3N3OS/c19-13-3-1-2-4-15(13)28-11-16(27)25-5-7-26(8-6-25)17-14(20)9-12(10-24-17)18(21,22)23/h1-4,9-10H,5-8,11H2. The molecule has 28 heavy (non-hydrogen) atoms. The lowest BCUT2D eigenvalue weighted by Gasteiger charge is -2.35. The van der Waals surface area contributed by atoms with Crippen molar-refractivity contribution in [3.63, 3.8) is 0 Å². The van der Waals surface area contributed by atoms with Gasteiger partial charge in [0.25, 0.3) is 0 Å². The summed E-state index contributed by atoms with van der Waals surface area (Å²) in [6.07, 6.45) is -3.71. The van der Waals surface area contributed by atoms with Gasteiger partial charge in [0, 0.05) is 37.3 Å². The molecular formula is C18H16Cl2F3N3OS. The number of nitrogens with zero attached hydrogens (tertiary/aromatic N) is 3. The molecule has 0 spiro atoms. The van der Waals surface area contributed by atoms with Crippen LogP contribution in [-0.4, -0.2) is 47.7 Å². The Balaban J connectivity index is 1.55. The molecule has 1 aliphatic heterocycles. The minimum atomic E-state index is -4.49. The molecule has 3 rings (SSSR count). The first-order valence-electron chi connectivity index (χ1n) is 8.38. The minimum absolute atomic E-state index is 0.0176. The van der Waals surface area contributed by atoms with Crippen molar-refractivity contribution in [2.24, 2.45) is 0 Å². The second-order valence-electron chi connectivity index (χ2n) is 6.11. The number of hydrogen-bond acceptors (Lipinski definition) is 4. The van der Waals surface area contributed by atoms with Crippen molar-refractivity contribution in [3.8, 4) is 0 Å². The van der Waals surface area contributed by atoms with Crippen molar-refractivity contribution >= 4 is 46.7 Å². The van der Waals surface area contributed by atoms with E-state index in [-0.39, 0.29) is 16.7 Å². The maximum Gasteiger partial charge on any atom is 0.417 e. The quantitative estimate of drug-likeness (QED) is 0.625. The van der Waals surface area contributed by atoms with Crippen molar-refractivity contribution in [2.75, 3.05) is 36.8 Å². The van der Waals surface area contributed by atoms with E-state index in [0.717, 1.165) is 17.2 Å². The van der Waals surface area contributed by atoms with Crippen LogP contribution < -0.4 is 4.90 Å². The van der Waals surface area contributed by atoms with Crippen molar-refractivity contribution in [1.29, 1.82) is 0 Å². The van der Waals surface area contributed by atoms with Gasteiger partial charge in [-0.1, -0.05) is 35.3 Å². The number of thioether (sulfide) groups is 1. The monoisotopic (exact) mass is 449 g/mol. The number of carbonyl (C=O) groups is 1. The average Bonchev–Trinajstić information content (AvgIpc) is 2.66. The Morgan fingerprint density at radius 3 is 2.39 bits per heavy atom. The van der Waals surface area contributed by atoms with Crippen LogP contribution >= 0.6 is 35.0 Å². The predicted molar refractivity (Wildman–Crippen MR) is 105 cm³/mol. The Hall–Kier alpha value is -1.64. The zero-order valence-electron chi connectivity index (χ0n) is 14.5. The van der Waals surface area contributed by atoms with Gasteiger partial charge in [0.15, 0.2) is 0 Å². The predicted octanol–water partition coefficient (Wildman–Crippen LogP) is 4.85. The summed E-state index contributed by atoms with van der Waals surface area (Å²) in [5, 5.41) is 0.553. The third-order valence-electron chi connectivity index (χ3n) is 4.27. The maximum atomic E-state index is 12.7. The Morgan fingerprint density at radius 1 is 1.11 bits per heavy atom. The maximum absolute atomic E-state index is 12.7. The molecule has 0 aliphatic carbocycles. The van der Waals surface area contributed by atoms with E-state index in [1.54, 1.807) is 15.9 Å². The molecule has 1 aliphatic rings. The molecule has 1 amide bonds. The highest BCUT2D eigenvalue weighted by atomic mass is 35.5. The van der Waals surface area contributed by atoms with Crippen LogP contribution in [0.25, 0.3) is 0 Å². The first kappa shape index (κ1) is 21.1. The largest absolute Gasteiger partial charge is 0.417 e. The van der Waals surface area contributed by atoms with Crippen LogP contribution in [0, 0.1) is 0 Å². The molecule has 1 aromatic heterocycles. The molecule has 150 valence electrons. The lowest BCUT2D eigenvalue weighted by atomic mass is 10.2. The first-order valence-corrected chi connectivity index (χ1v) is 10.1. The second-order valence-corrected chi connectivity index (χ2v) is 7.95. The third-order valence-corrected chi connectivity index (χ3v) is 6.05. The van der Waals surface area contributed by atoms with Crippen LogP contribution in [0.15, 0.2) is 41.4 Å². The number of hydrogen-bond donors (Lipinski definition) is 0. The highest BCUT2D eigenvalue weighted by Gasteiger charge is 2.32. The molecule has 1 saturated heterocycles. The fourth-order valence-corrected chi connectivity index (χ4v) is 4.21. The van der Waals surface area contributed by atoms with E-state index >= 15 is 0 Å². The molecule has 10 heteroatoms. The minimum Gasteiger partial charge on any atom is -0.352 e. The Labute approximate surface area is 174 Å². The number of alkyl halides is 3. The Morgan fingerprint density at radius 2 is 1.79 bits per heavy atom. The van der Waals surface area contributed by atoms with Crippen LogP contribution in [0.1, 0.15) is 5.56 Å². The summed E-state index contributed by atoms with van der Waals surface area (Å²) in [4.78, 5) is 20.7. The smallest absolute Gasteiger partial charge is 0.352 e. The van der Waals surface area contributed by atoms with Gasteiger partial charge in [0.2, 0.25) is 5.91 Å². The molecule has 4 nitrogen and oxygen atoms in total. The zero-order valence-corrected chi connectivity index (χ0v) is 16.9. The fourth-order valence-electron chi connectivity index (χ4n) is 2.78. The van der Waals surface area contributed by atoms with Gasteiger partial charge in [-0.05, 0) is 18.2 Å². The highest BCUT2D eigenvalue weighted by Crippen LogP contribution is 2.34. The highest BCUT2D eigenvalue weighted by molar-refractivity contribution is 8.00. The van der Waals surface area contributed by atoms with Crippen LogP contribution in [0.2, 0.25) is 10.0 Å². The van der Waals surface area contributed by atoms with E-state index in [1.165, 1.54) is 11.8 Å². The molecule has 2 aromatic rings. The summed E-state index contributed by atoms with van der Waals surface area (Å²) >= 11 is 13.5. The van der Waals surface area contributed by atoms with Gasteiger partial charge in [-0.2, -0.15) is 13.2 Å². The zero-order chi connectivity index (χ0) is 20.3. The summed E-state index contributed by atoms with van der Waals surface area (Å²) in [6, 6.07) is 8.19. The SMILES string of the molecule is O=C(CSc1ccccc1Cl)N1CCN(c2ncc(C(F)(F)F)cc2Cl)CC1. The number of anilines is 1. The second kappa shape index (κ2) is 8.80. The third kappa shape index (κ3) is 5.04. The molecule has 0 atom stereocenters. The van der Waals surface area contributed by atoms with E-state index in [4.69, 9.17) is 23.2 Å².